The molecule has 0 aliphatic heterocycles. The molecule has 2 aromatic carbocycles. The Morgan fingerprint density at radius 1 is 0.698 bits per heavy atom. The molecule has 0 saturated heterocycles. The number of carbonyl (C=O) groups is 2. The quantitative estimate of drug-likeness (QED) is 0.101. The third kappa shape index (κ3) is 8.03. The van der Waals surface area contributed by atoms with Gasteiger partial charge in [-0.3, -0.25) is 0 Å². The second-order valence-electron chi connectivity index (χ2n) is 12.4. The first kappa shape index (κ1) is 31.2. The van der Waals surface area contributed by atoms with Crippen LogP contribution in [0.25, 0.3) is 21.7 Å². The summed E-state index contributed by atoms with van der Waals surface area (Å²) in [4.78, 5) is 43.1. The summed E-state index contributed by atoms with van der Waals surface area (Å²) in [6.07, 6.45) is 14.4. The van der Waals surface area contributed by atoms with Gasteiger partial charge in [0.2, 0.25) is 0 Å². The van der Waals surface area contributed by atoms with Crippen molar-refractivity contribution < 1.29 is 23.5 Å². The van der Waals surface area contributed by atoms with Gasteiger partial charge in [0.25, 0.3) is 0 Å². The molecule has 8 heteroatoms. The molecule has 3 aromatic rings. The first-order valence-electron chi connectivity index (χ1n) is 16.2. The first-order chi connectivity index (χ1) is 20.9. The number of carbonyl (C=O) groups excluding carboxylic acids is 2. The summed E-state index contributed by atoms with van der Waals surface area (Å²) in [5, 5.41) is 1.64. The summed E-state index contributed by atoms with van der Waals surface area (Å²) in [6.45, 7) is 2.45. The van der Waals surface area contributed by atoms with Crippen molar-refractivity contribution in [2.24, 2.45) is 0 Å². The van der Waals surface area contributed by atoms with Gasteiger partial charge in [-0.15, -0.1) is 0 Å². The van der Waals surface area contributed by atoms with E-state index in [1.807, 2.05) is 0 Å². The van der Waals surface area contributed by atoms with Crippen LogP contribution in [0.4, 0.5) is 0 Å². The van der Waals surface area contributed by atoms with Crippen molar-refractivity contribution in [2.75, 3.05) is 40.4 Å². The van der Waals surface area contributed by atoms with Crippen molar-refractivity contribution in [3.05, 3.63) is 57.9 Å². The van der Waals surface area contributed by atoms with E-state index in [-0.39, 0.29) is 0 Å². The fraction of sp³-hybridized carbons (Fsp3) is 0.571. The molecule has 0 N–H and O–H groups in total. The van der Waals surface area contributed by atoms with Crippen molar-refractivity contribution in [3.63, 3.8) is 0 Å². The molecule has 2 saturated carbocycles. The number of rotatable bonds is 12. The lowest BCUT2D eigenvalue weighted by atomic mass is 9.94. The van der Waals surface area contributed by atoms with E-state index >= 15 is 0 Å². The number of ether oxygens (including phenoxy) is 2. The molecule has 2 aliphatic carbocycles. The van der Waals surface area contributed by atoms with Gasteiger partial charge in [0.1, 0.15) is 5.58 Å². The predicted molar refractivity (Wildman–Crippen MR) is 169 cm³/mol. The molecular formula is C35H46N2O6. The zero-order valence-electron chi connectivity index (χ0n) is 25.8. The van der Waals surface area contributed by atoms with Crippen LogP contribution in [-0.4, -0.2) is 74.2 Å². The summed E-state index contributed by atoms with van der Waals surface area (Å²) in [5.41, 5.74) is 0.392. The maximum absolute atomic E-state index is 12.9. The van der Waals surface area contributed by atoms with Gasteiger partial charge < -0.3 is 23.7 Å². The van der Waals surface area contributed by atoms with Crippen LogP contribution < -0.4 is 5.63 Å². The van der Waals surface area contributed by atoms with Gasteiger partial charge in [-0.05, 0) is 88.3 Å². The number of hydrogen-bond acceptors (Lipinski definition) is 8. The van der Waals surface area contributed by atoms with Gasteiger partial charge >= 0.3 is 17.6 Å². The molecular weight excluding hydrogens is 544 g/mol. The minimum atomic E-state index is -0.567. The standard InChI is InChI=1S/C35H46N2O6/c1-36(27-11-5-3-6-12-27)19-9-21-41-33(38)25-15-17-29-30-18-16-26(24-32(30)43-35(40)31(29)23-25)34(39)42-22-10-20-37(2)28-13-7-4-8-14-28/h15-18,23-24,27-28H,3-14,19-22H2,1-2H3. The molecule has 0 unspecified atom stereocenters. The Labute approximate surface area is 254 Å². The summed E-state index contributed by atoms with van der Waals surface area (Å²) in [5.74, 6) is -0.891. The molecule has 43 heavy (non-hydrogen) atoms. The zero-order chi connectivity index (χ0) is 30.2. The van der Waals surface area contributed by atoms with E-state index < -0.39 is 17.6 Å². The smallest absolute Gasteiger partial charge is 0.344 e. The highest BCUT2D eigenvalue weighted by Gasteiger charge is 2.20. The molecule has 0 atom stereocenters. The molecule has 1 aromatic heterocycles. The number of hydrogen-bond donors (Lipinski definition) is 0. The SMILES string of the molecule is CN(CCCOC(=O)c1ccc2c(c1)oc(=O)c1cc(C(=O)OCCCN(C)C3CCCCC3)ccc12)C1CCCCC1. The average Bonchev–Trinajstić information content (AvgIpc) is 3.05. The molecule has 8 nitrogen and oxygen atoms in total. The highest BCUT2D eigenvalue weighted by molar-refractivity contribution is 6.07. The van der Waals surface area contributed by atoms with Crippen LogP contribution in [0.3, 0.4) is 0 Å². The van der Waals surface area contributed by atoms with Gasteiger partial charge in [-0.1, -0.05) is 44.6 Å². The maximum Gasteiger partial charge on any atom is 0.344 e. The molecule has 2 fully saturated rings. The minimum Gasteiger partial charge on any atom is -0.462 e. The van der Waals surface area contributed by atoms with Gasteiger partial charge in [0.15, 0.2) is 0 Å². The van der Waals surface area contributed by atoms with Crippen molar-refractivity contribution in [3.8, 4) is 0 Å². The van der Waals surface area contributed by atoms with Gasteiger partial charge in [0, 0.05) is 30.6 Å². The van der Waals surface area contributed by atoms with E-state index in [2.05, 4.69) is 23.9 Å². The molecule has 1 heterocycles. The third-order valence-electron chi connectivity index (χ3n) is 9.36. The summed E-state index contributed by atoms with van der Waals surface area (Å²) < 4.78 is 16.6. The fourth-order valence-corrected chi connectivity index (χ4v) is 6.72. The van der Waals surface area contributed by atoms with E-state index in [0.29, 0.717) is 58.2 Å². The van der Waals surface area contributed by atoms with Gasteiger partial charge in [0.05, 0.1) is 29.7 Å². The Bertz CT molecular complexity index is 1450. The lowest BCUT2D eigenvalue weighted by Gasteiger charge is -2.31. The van der Waals surface area contributed by atoms with Gasteiger partial charge in [-0.25, -0.2) is 14.4 Å². The van der Waals surface area contributed by atoms with Crippen LogP contribution in [0.1, 0.15) is 97.8 Å². The minimum absolute atomic E-state index is 0.302. The number of esters is 2. The largest absolute Gasteiger partial charge is 0.462 e. The van der Waals surface area contributed by atoms with Crippen molar-refractivity contribution in [1.29, 1.82) is 0 Å². The summed E-state index contributed by atoms with van der Waals surface area (Å²) >= 11 is 0. The monoisotopic (exact) mass is 590 g/mol. The second kappa shape index (κ2) is 15.0. The Balaban J connectivity index is 1.15. The zero-order valence-corrected chi connectivity index (χ0v) is 25.8. The van der Waals surface area contributed by atoms with E-state index in [0.717, 1.165) is 25.9 Å². The van der Waals surface area contributed by atoms with Gasteiger partial charge in [-0.2, -0.15) is 0 Å². The lowest BCUT2D eigenvalue weighted by molar-refractivity contribution is 0.0473. The Kier molecular flexibility index (Phi) is 10.9. The normalized spacial score (nSPS) is 16.7. The highest BCUT2D eigenvalue weighted by atomic mass is 16.5. The Hall–Kier alpha value is -3.23. The van der Waals surface area contributed by atoms with E-state index in [1.54, 1.807) is 30.3 Å². The summed E-state index contributed by atoms with van der Waals surface area (Å²) in [7, 11) is 4.30. The average molecular weight is 591 g/mol. The molecule has 0 radical (unpaired) electrons. The highest BCUT2D eigenvalue weighted by Crippen LogP contribution is 2.26. The topological polar surface area (TPSA) is 89.3 Å². The van der Waals surface area contributed by atoms with Crippen molar-refractivity contribution in [1.82, 2.24) is 9.80 Å². The van der Waals surface area contributed by atoms with E-state index in [9.17, 15) is 14.4 Å². The number of fused-ring (bicyclic) bond motifs is 3. The number of nitrogens with zero attached hydrogens (tertiary/aromatic N) is 2. The molecule has 0 bridgehead atoms. The van der Waals surface area contributed by atoms with Crippen molar-refractivity contribution in [2.45, 2.75) is 89.1 Å². The maximum atomic E-state index is 12.9. The first-order valence-corrected chi connectivity index (χ1v) is 16.2. The molecule has 0 amide bonds. The fourth-order valence-electron chi connectivity index (χ4n) is 6.72. The summed E-state index contributed by atoms with van der Waals surface area (Å²) in [6, 6.07) is 11.2. The van der Waals surface area contributed by atoms with Crippen molar-refractivity contribution >= 4 is 33.7 Å². The second-order valence-corrected chi connectivity index (χ2v) is 12.4. The molecule has 0 spiro atoms. The number of benzene rings is 2. The molecule has 5 rings (SSSR count). The predicted octanol–water partition coefficient (Wildman–Crippen LogP) is 6.57. The van der Waals surface area contributed by atoms with Crippen LogP contribution >= 0.6 is 0 Å². The van der Waals surface area contributed by atoms with E-state index in [1.165, 1.54) is 70.3 Å². The van der Waals surface area contributed by atoms with Crippen LogP contribution in [0, 0.1) is 0 Å². The Morgan fingerprint density at radius 2 is 1.19 bits per heavy atom. The van der Waals surface area contributed by atoms with Crippen LogP contribution in [0.15, 0.2) is 45.6 Å². The lowest BCUT2D eigenvalue weighted by Crippen LogP contribution is -2.34. The molecule has 2 aliphatic rings. The third-order valence-corrected chi connectivity index (χ3v) is 9.36. The Morgan fingerprint density at radius 3 is 1.72 bits per heavy atom. The van der Waals surface area contributed by atoms with E-state index in [4.69, 9.17) is 13.9 Å². The van der Waals surface area contributed by atoms with Crippen LogP contribution in [0.5, 0.6) is 0 Å². The molecule has 232 valence electrons. The van der Waals surface area contributed by atoms with Crippen LogP contribution in [-0.2, 0) is 9.47 Å². The van der Waals surface area contributed by atoms with Crippen LogP contribution in [0.2, 0.25) is 0 Å².